The highest BCUT2D eigenvalue weighted by atomic mass is 16.5. The van der Waals surface area contributed by atoms with Gasteiger partial charge < -0.3 is 14.6 Å². The summed E-state index contributed by atoms with van der Waals surface area (Å²) in [5.74, 6) is 1.05. The predicted octanol–water partition coefficient (Wildman–Crippen LogP) is 2.30. The molecule has 0 atom stereocenters. The second-order valence-electron chi connectivity index (χ2n) is 4.13. The Morgan fingerprint density at radius 3 is 2.45 bits per heavy atom. The molecule has 0 saturated carbocycles. The fraction of sp³-hybridized carbons (Fsp3) is 0.188. The number of aliphatic hydroxyl groups is 1. The molecule has 0 spiro atoms. The van der Waals surface area contributed by atoms with E-state index in [0.717, 1.165) is 0 Å². The Balaban J connectivity index is 2.27. The van der Waals surface area contributed by atoms with Gasteiger partial charge in [-0.15, -0.1) is 0 Å². The SMILES string of the molecule is COc1ccc(C(=O)c2ccccc2OCCO)cc1. The third-order valence-corrected chi connectivity index (χ3v) is 2.83. The van der Waals surface area contributed by atoms with Gasteiger partial charge in [0.1, 0.15) is 18.1 Å². The molecule has 0 radical (unpaired) electrons. The molecule has 20 heavy (non-hydrogen) atoms. The molecule has 2 rings (SSSR count). The van der Waals surface area contributed by atoms with Crippen LogP contribution in [0.1, 0.15) is 15.9 Å². The van der Waals surface area contributed by atoms with E-state index in [0.29, 0.717) is 22.6 Å². The van der Waals surface area contributed by atoms with Crippen molar-refractivity contribution < 1.29 is 19.4 Å². The molecule has 0 fully saturated rings. The van der Waals surface area contributed by atoms with Gasteiger partial charge in [0.2, 0.25) is 0 Å². The summed E-state index contributed by atoms with van der Waals surface area (Å²) in [6.45, 7) is 0.0674. The lowest BCUT2D eigenvalue weighted by atomic mass is 10.0. The largest absolute Gasteiger partial charge is 0.497 e. The lowest BCUT2D eigenvalue weighted by molar-refractivity contribution is 0.103. The summed E-state index contributed by atoms with van der Waals surface area (Å²) in [4.78, 5) is 12.4. The Morgan fingerprint density at radius 1 is 1.10 bits per heavy atom. The average Bonchev–Trinajstić information content (AvgIpc) is 2.52. The number of carbonyl (C=O) groups excluding carboxylic acids is 1. The van der Waals surface area contributed by atoms with Gasteiger partial charge >= 0.3 is 0 Å². The van der Waals surface area contributed by atoms with Crippen LogP contribution in [0, 0.1) is 0 Å². The Bertz CT molecular complexity index is 575. The van der Waals surface area contributed by atoms with E-state index in [9.17, 15) is 4.79 Å². The lowest BCUT2D eigenvalue weighted by Crippen LogP contribution is -2.08. The van der Waals surface area contributed by atoms with Crippen LogP contribution in [0.2, 0.25) is 0 Å². The highest BCUT2D eigenvalue weighted by Gasteiger charge is 2.14. The molecule has 0 aliphatic carbocycles. The summed E-state index contributed by atoms with van der Waals surface area (Å²) >= 11 is 0. The first-order valence-corrected chi connectivity index (χ1v) is 6.27. The van der Waals surface area contributed by atoms with Gasteiger partial charge in [0.15, 0.2) is 5.78 Å². The van der Waals surface area contributed by atoms with Crippen molar-refractivity contribution in [2.75, 3.05) is 20.3 Å². The van der Waals surface area contributed by atoms with Crippen molar-refractivity contribution in [3.63, 3.8) is 0 Å². The number of ether oxygens (including phenoxy) is 2. The van der Waals surface area contributed by atoms with E-state index in [1.54, 1.807) is 55.6 Å². The van der Waals surface area contributed by atoms with Crippen molar-refractivity contribution in [2.24, 2.45) is 0 Å². The molecule has 0 aromatic heterocycles. The molecule has 2 aromatic rings. The summed E-state index contributed by atoms with van der Waals surface area (Å²) in [6.07, 6.45) is 0. The van der Waals surface area contributed by atoms with Crippen LogP contribution in [0.15, 0.2) is 48.5 Å². The van der Waals surface area contributed by atoms with Crippen LogP contribution >= 0.6 is 0 Å². The smallest absolute Gasteiger partial charge is 0.196 e. The first kappa shape index (κ1) is 14.1. The van der Waals surface area contributed by atoms with Gasteiger partial charge in [-0.3, -0.25) is 4.79 Å². The van der Waals surface area contributed by atoms with Crippen molar-refractivity contribution >= 4 is 5.78 Å². The van der Waals surface area contributed by atoms with Crippen molar-refractivity contribution in [3.8, 4) is 11.5 Å². The van der Waals surface area contributed by atoms with Gasteiger partial charge in [0.05, 0.1) is 19.3 Å². The molecular formula is C16H16O4. The number of rotatable bonds is 6. The quantitative estimate of drug-likeness (QED) is 0.820. The maximum absolute atomic E-state index is 12.4. The van der Waals surface area contributed by atoms with Gasteiger partial charge in [-0.25, -0.2) is 0 Å². The fourth-order valence-corrected chi connectivity index (χ4v) is 1.83. The fourth-order valence-electron chi connectivity index (χ4n) is 1.83. The minimum Gasteiger partial charge on any atom is -0.497 e. The van der Waals surface area contributed by atoms with Crippen LogP contribution < -0.4 is 9.47 Å². The number of carbonyl (C=O) groups is 1. The van der Waals surface area contributed by atoms with Crippen molar-refractivity contribution in [3.05, 3.63) is 59.7 Å². The number of aliphatic hydroxyl groups excluding tert-OH is 1. The molecule has 4 nitrogen and oxygen atoms in total. The molecule has 0 amide bonds. The van der Waals surface area contributed by atoms with Gasteiger partial charge in [-0.05, 0) is 36.4 Å². The van der Waals surface area contributed by atoms with Crippen LogP contribution in [-0.2, 0) is 0 Å². The van der Waals surface area contributed by atoms with Crippen LogP contribution in [0.3, 0.4) is 0 Å². The predicted molar refractivity (Wildman–Crippen MR) is 75.4 cm³/mol. The molecule has 0 aliphatic rings. The summed E-state index contributed by atoms with van der Waals surface area (Å²) < 4.78 is 10.4. The third kappa shape index (κ3) is 3.16. The summed E-state index contributed by atoms with van der Waals surface area (Å²) in [7, 11) is 1.58. The number of para-hydroxylation sites is 1. The molecule has 1 N–H and O–H groups in total. The zero-order valence-electron chi connectivity index (χ0n) is 11.2. The van der Waals surface area contributed by atoms with E-state index >= 15 is 0 Å². The number of benzene rings is 2. The van der Waals surface area contributed by atoms with Gasteiger partial charge in [-0.1, -0.05) is 12.1 Å². The highest BCUT2D eigenvalue weighted by Crippen LogP contribution is 2.22. The first-order valence-electron chi connectivity index (χ1n) is 6.27. The zero-order chi connectivity index (χ0) is 14.4. The van der Waals surface area contributed by atoms with Gasteiger partial charge in [0, 0.05) is 5.56 Å². The number of hydrogen-bond donors (Lipinski definition) is 1. The van der Waals surface area contributed by atoms with Crippen LogP contribution in [0.4, 0.5) is 0 Å². The molecular weight excluding hydrogens is 256 g/mol. The summed E-state index contributed by atoms with van der Waals surface area (Å²) in [5, 5.41) is 8.81. The minimum absolute atomic E-state index is 0.0922. The van der Waals surface area contributed by atoms with E-state index in [2.05, 4.69) is 0 Å². The Labute approximate surface area is 117 Å². The monoisotopic (exact) mass is 272 g/mol. The number of hydrogen-bond acceptors (Lipinski definition) is 4. The molecule has 0 bridgehead atoms. The third-order valence-electron chi connectivity index (χ3n) is 2.83. The topological polar surface area (TPSA) is 55.8 Å². The van der Waals surface area contributed by atoms with Crippen molar-refractivity contribution in [2.45, 2.75) is 0 Å². The normalized spacial score (nSPS) is 10.1. The molecule has 2 aromatic carbocycles. The summed E-state index contributed by atoms with van der Waals surface area (Å²) in [6, 6.07) is 13.9. The van der Waals surface area contributed by atoms with E-state index in [4.69, 9.17) is 14.6 Å². The molecule has 0 saturated heterocycles. The second-order valence-corrected chi connectivity index (χ2v) is 4.13. The highest BCUT2D eigenvalue weighted by molar-refractivity contribution is 6.10. The number of methoxy groups -OCH3 is 1. The Morgan fingerprint density at radius 2 is 1.80 bits per heavy atom. The molecule has 4 heteroatoms. The van der Waals surface area contributed by atoms with Crippen LogP contribution in [0.5, 0.6) is 11.5 Å². The number of ketones is 1. The first-order chi connectivity index (χ1) is 9.76. The molecule has 0 unspecified atom stereocenters. The molecule has 0 aliphatic heterocycles. The van der Waals surface area contributed by atoms with Gasteiger partial charge in [-0.2, -0.15) is 0 Å². The van der Waals surface area contributed by atoms with E-state index in [1.165, 1.54) is 0 Å². The Kier molecular flexibility index (Phi) is 4.74. The molecule has 104 valence electrons. The van der Waals surface area contributed by atoms with Crippen molar-refractivity contribution in [1.82, 2.24) is 0 Å². The van der Waals surface area contributed by atoms with E-state index < -0.39 is 0 Å². The second kappa shape index (κ2) is 6.73. The van der Waals surface area contributed by atoms with Crippen LogP contribution in [0.25, 0.3) is 0 Å². The van der Waals surface area contributed by atoms with E-state index in [1.807, 2.05) is 0 Å². The Hall–Kier alpha value is -2.33. The maximum atomic E-state index is 12.4. The van der Waals surface area contributed by atoms with Gasteiger partial charge in [0.25, 0.3) is 0 Å². The van der Waals surface area contributed by atoms with Crippen LogP contribution in [-0.4, -0.2) is 31.2 Å². The lowest BCUT2D eigenvalue weighted by Gasteiger charge is -2.10. The van der Waals surface area contributed by atoms with Crippen molar-refractivity contribution in [1.29, 1.82) is 0 Å². The minimum atomic E-state index is -0.124. The van der Waals surface area contributed by atoms with E-state index in [-0.39, 0.29) is 19.0 Å². The summed E-state index contributed by atoms with van der Waals surface area (Å²) in [5.41, 5.74) is 1.04. The maximum Gasteiger partial charge on any atom is 0.196 e. The zero-order valence-corrected chi connectivity index (χ0v) is 11.2. The molecule has 0 heterocycles. The standard InChI is InChI=1S/C16H16O4/c1-19-13-8-6-12(7-9-13)16(18)14-4-2-3-5-15(14)20-11-10-17/h2-9,17H,10-11H2,1H3. The average molecular weight is 272 g/mol.